The van der Waals surface area contributed by atoms with E-state index in [4.69, 9.17) is 9.47 Å². The van der Waals surface area contributed by atoms with Gasteiger partial charge in [-0.15, -0.1) is 0 Å². The molecule has 0 aliphatic heterocycles. The SMILES string of the molecule is COc1ccc(CNc2nccn3c(-c4cnn(-c5cc(NC(=O)c6cccc(C(F)(F)F)c6)cnc5C)c4)cnc23)c(OC)c1. The third-order valence-corrected chi connectivity index (χ3v) is 7.26. The van der Waals surface area contributed by atoms with E-state index in [9.17, 15) is 18.0 Å². The van der Waals surface area contributed by atoms with Gasteiger partial charge in [-0.3, -0.25) is 14.2 Å². The van der Waals surface area contributed by atoms with Crippen LogP contribution >= 0.6 is 0 Å². The fourth-order valence-corrected chi connectivity index (χ4v) is 4.88. The molecule has 4 aromatic heterocycles. The van der Waals surface area contributed by atoms with Gasteiger partial charge in [-0.05, 0) is 43.3 Å². The zero-order valence-electron chi connectivity index (χ0n) is 24.8. The Kier molecular flexibility index (Phi) is 8.01. The predicted molar refractivity (Wildman–Crippen MR) is 164 cm³/mol. The van der Waals surface area contributed by atoms with Crippen molar-refractivity contribution >= 4 is 23.1 Å². The number of anilines is 2. The highest BCUT2D eigenvalue weighted by Crippen LogP contribution is 2.30. The Bertz CT molecular complexity index is 2050. The average molecular weight is 629 g/mol. The highest BCUT2D eigenvalue weighted by molar-refractivity contribution is 6.04. The summed E-state index contributed by atoms with van der Waals surface area (Å²) < 4.78 is 53.7. The molecule has 0 atom stereocenters. The summed E-state index contributed by atoms with van der Waals surface area (Å²) >= 11 is 0. The van der Waals surface area contributed by atoms with Crippen molar-refractivity contribution in [1.29, 1.82) is 0 Å². The number of imidazole rings is 1. The van der Waals surface area contributed by atoms with Crippen LogP contribution in [0, 0.1) is 6.92 Å². The predicted octanol–water partition coefficient (Wildman–Crippen LogP) is 6.19. The molecule has 4 heterocycles. The molecule has 0 radical (unpaired) electrons. The number of fused-ring (bicyclic) bond motifs is 1. The van der Waals surface area contributed by atoms with Crippen LogP contribution in [-0.4, -0.2) is 49.3 Å². The number of hydrogen-bond donors (Lipinski definition) is 2. The van der Waals surface area contributed by atoms with Crippen LogP contribution in [0.4, 0.5) is 24.7 Å². The topological polar surface area (TPSA) is 120 Å². The van der Waals surface area contributed by atoms with E-state index in [2.05, 4.69) is 30.7 Å². The van der Waals surface area contributed by atoms with Gasteiger partial charge in [-0.1, -0.05) is 6.07 Å². The van der Waals surface area contributed by atoms with Gasteiger partial charge >= 0.3 is 6.18 Å². The summed E-state index contributed by atoms with van der Waals surface area (Å²) in [5.74, 6) is 1.25. The Morgan fingerprint density at radius 3 is 2.61 bits per heavy atom. The Morgan fingerprint density at radius 1 is 0.978 bits per heavy atom. The fraction of sp³-hybridized carbons (Fsp3) is 0.156. The Labute approximate surface area is 260 Å². The van der Waals surface area contributed by atoms with Crippen molar-refractivity contribution in [2.75, 3.05) is 24.9 Å². The minimum Gasteiger partial charge on any atom is -0.497 e. The summed E-state index contributed by atoms with van der Waals surface area (Å²) in [4.78, 5) is 26.2. The highest BCUT2D eigenvalue weighted by Gasteiger charge is 2.31. The molecule has 0 spiro atoms. The number of aryl methyl sites for hydroxylation is 1. The van der Waals surface area contributed by atoms with Crippen LogP contribution in [0.15, 0.2) is 85.7 Å². The third-order valence-electron chi connectivity index (χ3n) is 7.26. The van der Waals surface area contributed by atoms with Gasteiger partial charge in [-0.25, -0.2) is 14.6 Å². The lowest BCUT2D eigenvalue weighted by atomic mass is 10.1. The van der Waals surface area contributed by atoms with Crippen molar-refractivity contribution in [2.24, 2.45) is 0 Å². The lowest BCUT2D eigenvalue weighted by Crippen LogP contribution is -2.14. The maximum absolute atomic E-state index is 13.1. The van der Waals surface area contributed by atoms with Crippen molar-refractivity contribution < 1.29 is 27.4 Å². The van der Waals surface area contributed by atoms with Gasteiger partial charge in [0.15, 0.2) is 11.5 Å². The van der Waals surface area contributed by atoms with Crippen molar-refractivity contribution in [2.45, 2.75) is 19.6 Å². The molecule has 6 aromatic rings. The minimum atomic E-state index is -4.56. The zero-order chi connectivity index (χ0) is 32.4. The molecule has 0 unspecified atom stereocenters. The zero-order valence-corrected chi connectivity index (χ0v) is 24.8. The van der Waals surface area contributed by atoms with Crippen molar-refractivity contribution in [3.05, 3.63) is 108 Å². The third kappa shape index (κ3) is 6.04. The molecule has 11 nitrogen and oxygen atoms in total. The molecule has 2 aromatic carbocycles. The number of aromatic nitrogens is 6. The van der Waals surface area contributed by atoms with Gasteiger partial charge in [0.25, 0.3) is 5.91 Å². The molecule has 2 N–H and O–H groups in total. The van der Waals surface area contributed by atoms with Crippen molar-refractivity contribution in [3.63, 3.8) is 0 Å². The number of nitrogens with zero attached hydrogens (tertiary/aromatic N) is 6. The number of pyridine rings is 1. The normalized spacial score (nSPS) is 11.4. The van der Waals surface area contributed by atoms with E-state index >= 15 is 0 Å². The summed E-state index contributed by atoms with van der Waals surface area (Å²) in [6.45, 7) is 2.22. The minimum absolute atomic E-state index is 0.127. The Hall–Kier alpha value is -5.92. The number of ether oxygens (including phenoxy) is 2. The fourth-order valence-electron chi connectivity index (χ4n) is 4.88. The van der Waals surface area contributed by atoms with Gasteiger partial charge in [0.1, 0.15) is 11.5 Å². The second-order valence-electron chi connectivity index (χ2n) is 10.2. The standard InChI is InChI=1S/C32H27F3N8O3/c1-19-26(12-24(16-37-19)41-31(44)20-5-4-6-23(11-20)32(33,34)35)43-18-22(15-40-43)27-17-39-30-29(36-9-10-42(27)30)38-14-21-7-8-25(45-2)13-28(21)46-3/h4-13,15-18H,14H2,1-3H3,(H,36,38)(H,41,44). The summed E-state index contributed by atoms with van der Waals surface area (Å²) in [7, 11) is 3.20. The number of alkyl halides is 3. The molecular weight excluding hydrogens is 601 g/mol. The van der Waals surface area contributed by atoms with E-state index < -0.39 is 17.6 Å². The lowest BCUT2D eigenvalue weighted by molar-refractivity contribution is -0.137. The number of rotatable bonds is 9. The smallest absolute Gasteiger partial charge is 0.416 e. The van der Waals surface area contributed by atoms with Crippen LogP contribution in [-0.2, 0) is 12.7 Å². The molecule has 0 saturated carbocycles. The van der Waals surface area contributed by atoms with Crippen molar-refractivity contribution in [1.82, 2.24) is 29.1 Å². The number of methoxy groups -OCH3 is 2. The van der Waals surface area contributed by atoms with Crippen LogP contribution in [0.2, 0.25) is 0 Å². The van der Waals surface area contributed by atoms with E-state index in [0.717, 1.165) is 29.0 Å². The van der Waals surface area contributed by atoms with Gasteiger partial charge in [-0.2, -0.15) is 18.3 Å². The lowest BCUT2D eigenvalue weighted by Gasteiger charge is -2.12. The van der Waals surface area contributed by atoms with Gasteiger partial charge in [0, 0.05) is 47.9 Å². The molecule has 1 amide bonds. The molecule has 234 valence electrons. The van der Waals surface area contributed by atoms with Crippen LogP contribution in [0.5, 0.6) is 11.5 Å². The number of carbonyl (C=O) groups excluding carboxylic acids is 1. The molecule has 0 aliphatic rings. The summed E-state index contributed by atoms with van der Waals surface area (Å²) in [6, 6.07) is 11.5. The second kappa shape index (κ2) is 12.2. The molecule has 14 heteroatoms. The van der Waals surface area contributed by atoms with E-state index in [1.807, 2.05) is 22.6 Å². The summed E-state index contributed by atoms with van der Waals surface area (Å²) in [5, 5.41) is 10.5. The highest BCUT2D eigenvalue weighted by atomic mass is 19.4. The van der Waals surface area contributed by atoms with Crippen LogP contribution in [0.3, 0.4) is 0 Å². The molecule has 0 bridgehead atoms. The molecule has 0 fully saturated rings. The Balaban J connectivity index is 1.22. The first-order valence-corrected chi connectivity index (χ1v) is 13.9. The monoisotopic (exact) mass is 628 g/mol. The molecular formula is C32H27F3N8O3. The molecule has 46 heavy (non-hydrogen) atoms. The first-order valence-electron chi connectivity index (χ1n) is 13.9. The van der Waals surface area contributed by atoms with E-state index in [0.29, 0.717) is 46.6 Å². The maximum atomic E-state index is 13.1. The van der Waals surface area contributed by atoms with Gasteiger partial charge < -0.3 is 20.1 Å². The largest absolute Gasteiger partial charge is 0.497 e. The summed E-state index contributed by atoms with van der Waals surface area (Å²) in [5.41, 5.74) is 3.48. The number of halogens is 3. The summed E-state index contributed by atoms with van der Waals surface area (Å²) in [6.07, 6.45) is 5.52. The number of benzene rings is 2. The van der Waals surface area contributed by atoms with Crippen LogP contribution in [0.25, 0.3) is 22.6 Å². The number of carbonyl (C=O) groups is 1. The van der Waals surface area contributed by atoms with Gasteiger partial charge in [0.2, 0.25) is 0 Å². The van der Waals surface area contributed by atoms with E-state index in [1.165, 1.54) is 18.3 Å². The van der Waals surface area contributed by atoms with E-state index in [-0.39, 0.29) is 5.56 Å². The number of nitrogens with one attached hydrogen (secondary N) is 2. The van der Waals surface area contributed by atoms with Crippen molar-refractivity contribution in [3.8, 4) is 28.4 Å². The Morgan fingerprint density at radius 2 is 1.83 bits per heavy atom. The quantitative estimate of drug-likeness (QED) is 0.195. The van der Waals surface area contributed by atoms with Crippen LogP contribution < -0.4 is 20.1 Å². The molecule has 0 aliphatic carbocycles. The molecule has 6 rings (SSSR count). The number of amides is 1. The molecule has 0 saturated heterocycles. The average Bonchev–Trinajstić information content (AvgIpc) is 3.72. The second-order valence-corrected chi connectivity index (χ2v) is 10.2. The van der Waals surface area contributed by atoms with Gasteiger partial charge in [0.05, 0.1) is 61.1 Å². The number of hydrogen-bond acceptors (Lipinski definition) is 8. The van der Waals surface area contributed by atoms with Crippen LogP contribution in [0.1, 0.15) is 27.2 Å². The maximum Gasteiger partial charge on any atom is 0.416 e. The first-order chi connectivity index (χ1) is 22.1. The first kappa shape index (κ1) is 30.1. The van der Waals surface area contributed by atoms with E-state index in [1.54, 1.807) is 62.9 Å².